The molecule has 6 nitrogen and oxygen atoms in total. The van der Waals surface area contributed by atoms with E-state index in [1.54, 1.807) is 6.07 Å². The highest BCUT2D eigenvalue weighted by Crippen LogP contribution is 2.25. The number of fused-ring (bicyclic) bond motifs is 1. The van der Waals surface area contributed by atoms with Gasteiger partial charge in [0.1, 0.15) is 4.88 Å². The topological polar surface area (TPSA) is 89.5 Å². The summed E-state index contributed by atoms with van der Waals surface area (Å²) in [6.45, 7) is -0.383. The Morgan fingerprint density at radius 2 is 1.77 bits per heavy atom. The minimum atomic E-state index is -3.38. The second kappa shape index (κ2) is 7.27. The summed E-state index contributed by atoms with van der Waals surface area (Å²) in [5.74, 6) is -0.916. The molecular formula is C18H15NO5S2. The first-order chi connectivity index (χ1) is 12.3. The number of hydrogen-bond acceptors (Lipinski definition) is 6. The number of thiophene rings is 1. The van der Waals surface area contributed by atoms with Crippen LogP contribution in [0.3, 0.4) is 0 Å². The number of carbonyl (C=O) groups is 2. The molecule has 0 atom stereocenters. The molecule has 0 spiro atoms. The van der Waals surface area contributed by atoms with Crippen molar-refractivity contribution in [2.75, 3.05) is 17.6 Å². The minimum absolute atomic E-state index is 0.327. The van der Waals surface area contributed by atoms with Crippen molar-refractivity contribution >= 4 is 48.9 Å². The highest BCUT2D eigenvalue weighted by Gasteiger charge is 2.14. The van der Waals surface area contributed by atoms with E-state index >= 15 is 0 Å². The second-order valence-electron chi connectivity index (χ2n) is 5.60. The number of benzene rings is 2. The van der Waals surface area contributed by atoms with E-state index in [0.717, 1.165) is 16.3 Å². The molecule has 0 radical (unpaired) electrons. The van der Waals surface area contributed by atoms with Crippen LogP contribution >= 0.6 is 11.3 Å². The molecule has 0 saturated carbocycles. The van der Waals surface area contributed by atoms with E-state index in [1.807, 2.05) is 24.3 Å². The van der Waals surface area contributed by atoms with Crippen molar-refractivity contribution in [2.24, 2.45) is 0 Å². The molecule has 0 aliphatic heterocycles. The van der Waals surface area contributed by atoms with E-state index in [0.29, 0.717) is 16.1 Å². The predicted octanol–water partition coefficient (Wildman–Crippen LogP) is 3.31. The lowest BCUT2D eigenvalue weighted by molar-refractivity contribution is 0.0479. The fourth-order valence-corrected chi connectivity index (χ4v) is 3.83. The zero-order valence-corrected chi connectivity index (χ0v) is 15.4. The van der Waals surface area contributed by atoms with Crippen LogP contribution in [0.2, 0.25) is 0 Å². The lowest BCUT2D eigenvalue weighted by Gasteiger charge is -2.06. The Balaban J connectivity index is 1.62. The summed E-state index contributed by atoms with van der Waals surface area (Å²) in [5.41, 5.74) is 0.680. The van der Waals surface area contributed by atoms with Crippen LogP contribution in [-0.2, 0) is 14.8 Å². The molecule has 26 heavy (non-hydrogen) atoms. The molecule has 1 heterocycles. The SMILES string of the molecule is CS(=O)(=O)Nc1ccc(C(=O)COC(=O)c2cc3ccccc3s2)cc1. The van der Waals surface area contributed by atoms with Gasteiger partial charge >= 0.3 is 5.97 Å². The Morgan fingerprint density at radius 3 is 2.42 bits per heavy atom. The maximum atomic E-state index is 12.1. The van der Waals surface area contributed by atoms with Crippen molar-refractivity contribution in [1.29, 1.82) is 0 Å². The lowest BCUT2D eigenvalue weighted by Crippen LogP contribution is -2.14. The molecule has 134 valence electrons. The fraction of sp³-hybridized carbons (Fsp3) is 0.111. The third-order valence-corrected chi connectivity index (χ3v) is 5.17. The van der Waals surface area contributed by atoms with Gasteiger partial charge in [0.25, 0.3) is 0 Å². The average Bonchev–Trinajstić information content (AvgIpc) is 3.03. The van der Waals surface area contributed by atoms with Gasteiger partial charge in [0.05, 0.1) is 6.26 Å². The van der Waals surface area contributed by atoms with Crippen molar-refractivity contribution < 1.29 is 22.7 Å². The van der Waals surface area contributed by atoms with Crippen molar-refractivity contribution in [1.82, 2.24) is 0 Å². The summed E-state index contributed by atoms with van der Waals surface area (Å²) < 4.78 is 30.7. The molecule has 0 bridgehead atoms. The van der Waals surface area contributed by atoms with Gasteiger partial charge in [0.2, 0.25) is 10.0 Å². The average molecular weight is 389 g/mol. The van der Waals surface area contributed by atoms with Crippen LogP contribution in [0.15, 0.2) is 54.6 Å². The third-order valence-electron chi connectivity index (χ3n) is 3.47. The molecule has 3 rings (SSSR count). The number of nitrogens with one attached hydrogen (secondary N) is 1. The summed E-state index contributed by atoms with van der Waals surface area (Å²) >= 11 is 1.31. The maximum Gasteiger partial charge on any atom is 0.348 e. The molecule has 0 unspecified atom stereocenters. The first kappa shape index (κ1) is 18.1. The Kier molecular flexibility index (Phi) is 5.06. The van der Waals surface area contributed by atoms with Crippen molar-refractivity contribution in [3.05, 3.63) is 65.0 Å². The number of carbonyl (C=O) groups excluding carboxylic acids is 2. The van der Waals surface area contributed by atoms with Gasteiger partial charge in [0, 0.05) is 16.0 Å². The molecule has 0 amide bonds. The molecule has 1 N–H and O–H groups in total. The van der Waals surface area contributed by atoms with Crippen molar-refractivity contribution in [2.45, 2.75) is 0 Å². The largest absolute Gasteiger partial charge is 0.453 e. The first-order valence-electron chi connectivity index (χ1n) is 7.58. The zero-order chi connectivity index (χ0) is 18.7. The molecule has 1 aromatic heterocycles. The lowest BCUT2D eigenvalue weighted by atomic mass is 10.1. The summed E-state index contributed by atoms with van der Waals surface area (Å²) in [7, 11) is -3.38. The number of sulfonamides is 1. The van der Waals surface area contributed by atoms with Gasteiger partial charge < -0.3 is 4.74 Å². The number of ketones is 1. The normalized spacial score (nSPS) is 11.3. The van der Waals surface area contributed by atoms with E-state index in [-0.39, 0.29) is 12.4 Å². The zero-order valence-electron chi connectivity index (χ0n) is 13.8. The first-order valence-corrected chi connectivity index (χ1v) is 10.3. The summed E-state index contributed by atoms with van der Waals surface area (Å²) in [4.78, 5) is 24.7. The molecule has 2 aromatic carbocycles. The van der Waals surface area contributed by atoms with Crippen molar-refractivity contribution in [3.63, 3.8) is 0 Å². The molecule has 0 aliphatic carbocycles. The van der Waals surface area contributed by atoms with Gasteiger partial charge in [-0.15, -0.1) is 11.3 Å². The van der Waals surface area contributed by atoms with Gasteiger partial charge in [-0.05, 0) is 41.8 Å². The summed E-state index contributed by atoms with van der Waals surface area (Å²) in [5, 5.41) is 0.949. The number of hydrogen-bond donors (Lipinski definition) is 1. The molecule has 3 aromatic rings. The highest BCUT2D eigenvalue weighted by atomic mass is 32.2. The van der Waals surface area contributed by atoms with Crippen LogP contribution in [0.25, 0.3) is 10.1 Å². The number of Topliss-reactive ketones (excluding diaryl/α,β-unsaturated/α-hetero) is 1. The van der Waals surface area contributed by atoms with E-state index in [2.05, 4.69) is 4.72 Å². The molecule has 0 aliphatic rings. The smallest absolute Gasteiger partial charge is 0.348 e. The summed E-state index contributed by atoms with van der Waals surface area (Å²) in [6.07, 6.45) is 1.04. The van der Waals surface area contributed by atoms with Gasteiger partial charge in [-0.3, -0.25) is 9.52 Å². The van der Waals surface area contributed by atoms with Gasteiger partial charge in [0.15, 0.2) is 12.4 Å². The molecule has 0 saturated heterocycles. The van der Waals surface area contributed by atoms with Crippen LogP contribution < -0.4 is 4.72 Å². The monoisotopic (exact) mass is 389 g/mol. The highest BCUT2D eigenvalue weighted by molar-refractivity contribution is 7.92. The van der Waals surface area contributed by atoms with Crippen LogP contribution in [0.1, 0.15) is 20.0 Å². The Bertz CT molecular complexity index is 1040. The van der Waals surface area contributed by atoms with Gasteiger partial charge in [-0.1, -0.05) is 18.2 Å². The second-order valence-corrected chi connectivity index (χ2v) is 8.43. The molecule has 8 heteroatoms. The van der Waals surface area contributed by atoms with Crippen LogP contribution in [0.5, 0.6) is 0 Å². The van der Waals surface area contributed by atoms with E-state index in [1.165, 1.54) is 35.6 Å². The number of esters is 1. The van der Waals surface area contributed by atoms with Crippen molar-refractivity contribution in [3.8, 4) is 0 Å². The molecular weight excluding hydrogens is 374 g/mol. The van der Waals surface area contributed by atoms with E-state index in [4.69, 9.17) is 4.74 Å². The summed E-state index contributed by atoms with van der Waals surface area (Å²) in [6, 6.07) is 15.2. The van der Waals surface area contributed by atoms with Crippen LogP contribution in [0, 0.1) is 0 Å². The molecule has 0 fully saturated rings. The predicted molar refractivity (Wildman–Crippen MR) is 101 cm³/mol. The number of rotatable bonds is 6. The van der Waals surface area contributed by atoms with Gasteiger partial charge in [-0.2, -0.15) is 0 Å². The third kappa shape index (κ3) is 4.47. The quantitative estimate of drug-likeness (QED) is 0.516. The Labute approximate surface area is 154 Å². The van der Waals surface area contributed by atoms with Crippen LogP contribution in [-0.4, -0.2) is 33.0 Å². The van der Waals surface area contributed by atoms with Gasteiger partial charge in [-0.25, -0.2) is 13.2 Å². The Morgan fingerprint density at radius 1 is 1.08 bits per heavy atom. The Hall–Kier alpha value is -2.71. The fourth-order valence-electron chi connectivity index (χ4n) is 2.31. The number of ether oxygens (including phenoxy) is 1. The number of anilines is 1. The minimum Gasteiger partial charge on any atom is -0.453 e. The van der Waals surface area contributed by atoms with E-state index < -0.39 is 16.0 Å². The van der Waals surface area contributed by atoms with Crippen LogP contribution in [0.4, 0.5) is 5.69 Å². The van der Waals surface area contributed by atoms with E-state index in [9.17, 15) is 18.0 Å². The maximum absolute atomic E-state index is 12.1. The standard InChI is InChI=1S/C18H15NO5S2/c1-26(22,23)19-14-8-6-12(7-9-14)15(20)11-24-18(21)17-10-13-4-2-3-5-16(13)25-17/h2-10,19H,11H2,1H3.